The molecule has 2 aromatic carbocycles. The monoisotopic (exact) mass is 437 g/mol. The summed E-state index contributed by atoms with van der Waals surface area (Å²) in [6.45, 7) is 1.79. The number of amides is 1. The zero-order chi connectivity index (χ0) is 22.8. The Labute approximate surface area is 188 Å². The summed E-state index contributed by atoms with van der Waals surface area (Å²) in [7, 11) is 0. The van der Waals surface area contributed by atoms with E-state index in [0.29, 0.717) is 28.2 Å². The summed E-state index contributed by atoms with van der Waals surface area (Å²) in [6.07, 6.45) is 3.30. The first kappa shape index (κ1) is 20.3. The van der Waals surface area contributed by atoms with Crippen molar-refractivity contribution < 1.29 is 9.32 Å². The molecule has 0 bridgehead atoms. The van der Waals surface area contributed by atoms with Gasteiger partial charge in [0.1, 0.15) is 6.54 Å². The van der Waals surface area contributed by atoms with Crippen LogP contribution in [0.5, 0.6) is 0 Å². The van der Waals surface area contributed by atoms with Crippen molar-refractivity contribution in [1.82, 2.24) is 19.7 Å². The fourth-order valence-electron chi connectivity index (χ4n) is 3.67. The Morgan fingerprint density at radius 3 is 2.70 bits per heavy atom. The van der Waals surface area contributed by atoms with E-state index in [0.717, 1.165) is 10.9 Å². The van der Waals surface area contributed by atoms with Crippen molar-refractivity contribution >= 4 is 22.5 Å². The Bertz CT molecular complexity index is 1520. The maximum atomic E-state index is 13.0. The van der Waals surface area contributed by atoms with E-state index in [2.05, 4.69) is 20.4 Å². The van der Waals surface area contributed by atoms with Crippen LogP contribution in [0.15, 0.2) is 88.4 Å². The van der Waals surface area contributed by atoms with Crippen LogP contribution >= 0.6 is 0 Å². The van der Waals surface area contributed by atoms with Gasteiger partial charge in [0, 0.05) is 35.1 Å². The molecule has 0 spiro atoms. The maximum Gasteiger partial charge on any atom is 0.259 e. The number of pyridine rings is 2. The molecular weight excluding hydrogens is 418 g/mol. The van der Waals surface area contributed by atoms with E-state index >= 15 is 0 Å². The van der Waals surface area contributed by atoms with E-state index < -0.39 is 0 Å². The van der Waals surface area contributed by atoms with E-state index in [-0.39, 0.29) is 23.9 Å². The molecule has 0 saturated heterocycles. The largest absolute Gasteiger partial charge is 0.334 e. The molecule has 8 nitrogen and oxygen atoms in total. The molecule has 0 atom stereocenters. The number of para-hydroxylation sites is 2. The summed E-state index contributed by atoms with van der Waals surface area (Å²) in [4.78, 5) is 34.3. The average Bonchev–Trinajstić information content (AvgIpc) is 3.33. The molecule has 0 aliphatic heterocycles. The molecule has 33 heavy (non-hydrogen) atoms. The zero-order valence-electron chi connectivity index (χ0n) is 17.7. The number of nitrogens with zero attached hydrogens (tertiary/aromatic N) is 4. The fraction of sp³-hybridized carbons (Fsp3) is 0.0800. The van der Waals surface area contributed by atoms with E-state index in [9.17, 15) is 9.59 Å². The van der Waals surface area contributed by atoms with Gasteiger partial charge in [-0.05, 0) is 36.8 Å². The highest BCUT2D eigenvalue weighted by atomic mass is 16.5. The van der Waals surface area contributed by atoms with E-state index in [1.54, 1.807) is 24.5 Å². The molecule has 1 amide bonds. The van der Waals surface area contributed by atoms with Crippen LogP contribution in [0.2, 0.25) is 0 Å². The average molecular weight is 437 g/mol. The third-order valence-electron chi connectivity index (χ3n) is 5.32. The number of aryl methyl sites for hydroxylation is 1. The van der Waals surface area contributed by atoms with Gasteiger partial charge in [0.05, 0.1) is 11.1 Å². The first-order chi connectivity index (χ1) is 16.1. The second-order valence-corrected chi connectivity index (χ2v) is 7.53. The van der Waals surface area contributed by atoms with E-state index in [4.69, 9.17) is 4.52 Å². The fourth-order valence-corrected chi connectivity index (χ4v) is 3.67. The van der Waals surface area contributed by atoms with E-state index in [1.807, 2.05) is 55.5 Å². The SMILES string of the molecule is Cc1ccccc1NC(=O)Cn1c(=O)cc(-c2nc(-c3cccnc3)no2)c2ccccc21. The van der Waals surface area contributed by atoms with Gasteiger partial charge >= 0.3 is 0 Å². The van der Waals surface area contributed by atoms with Crippen molar-refractivity contribution in [1.29, 1.82) is 0 Å². The van der Waals surface area contributed by atoms with Gasteiger partial charge in [-0.15, -0.1) is 0 Å². The lowest BCUT2D eigenvalue weighted by molar-refractivity contribution is -0.116. The molecule has 0 radical (unpaired) electrons. The van der Waals surface area contributed by atoms with E-state index in [1.165, 1.54) is 10.6 Å². The molecule has 162 valence electrons. The van der Waals surface area contributed by atoms with Crippen LogP contribution < -0.4 is 10.9 Å². The van der Waals surface area contributed by atoms with Crippen molar-refractivity contribution in [3.05, 3.63) is 95.0 Å². The van der Waals surface area contributed by atoms with Gasteiger partial charge in [-0.3, -0.25) is 19.1 Å². The van der Waals surface area contributed by atoms with Crippen LogP contribution in [0.3, 0.4) is 0 Å². The number of carbonyl (C=O) groups is 1. The lowest BCUT2D eigenvalue weighted by Crippen LogP contribution is -2.28. The number of rotatable bonds is 5. The Hall–Kier alpha value is -4.59. The summed E-state index contributed by atoms with van der Waals surface area (Å²) < 4.78 is 6.90. The number of nitrogens with one attached hydrogen (secondary N) is 1. The highest BCUT2D eigenvalue weighted by molar-refractivity contribution is 5.95. The minimum absolute atomic E-state index is 0.126. The smallest absolute Gasteiger partial charge is 0.259 e. The van der Waals surface area contributed by atoms with Gasteiger partial charge in [-0.1, -0.05) is 41.6 Å². The molecule has 0 aliphatic rings. The van der Waals surface area contributed by atoms with Gasteiger partial charge in [-0.25, -0.2) is 0 Å². The third-order valence-corrected chi connectivity index (χ3v) is 5.32. The molecule has 3 aromatic heterocycles. The number of fused-ring (bicyclic) bond motifs is 1. The zero-order valence-corrected chi connectivity index (χ0v) is 17.7. The van der Waals surface area contributed by atoms with Crippen molar-refractivity contribution in [3.63, 3.8) is 0 Å². The van der Waals surface area contributed by atoms with Crippen molar-refractivity contribution in [3.8, 4) is 22.8 Å². The molecule has 0 fully saturated rings. The maximum absolute atomic E-state index is 13.0. The Kier molecular flexibility index (Phi) is 5.24. The van der Waals surface area contributed by atoms with Gasteiger partial charge in [-0.2, -0.15) is 4.98 Å². The predicted molar refractivity (Wildman–Crippen MR) is 125 cm³/mol. The van der Waals surface area contributed by atoms with Crippen LogP contribution in [-0.4, -0.2) is 25.6 Å². The highest BCUT2D eigenvalue weighted by Crippen LogP contribution is 2.28. The highest BCUT2D eigenvalue weighted by Gasteiger charge is 2.18. The Balaban J connectivity index is 1.52. The molecule has 1 N–H and O–H groups in total. The number of carbonyl (C=O) groups excluding carboxylic acids is 1. The number of anilines is 1. The second kappa shape index (κ2) is 8.51. The first-order valence-corrected chi connectivity index (χ1v) is 10.3. The minimum atomic E-state index is -0.343. The Morgan fingerprint density at radius 2 is 1.88 bits per heavy atom. The molecule has 5 aromatic rings. The topological polar surface area (TPSA) is 103 Å². The van der Waals surface area contributed by atoms with Gasteiger partial charge in [0.15, 0.2) is 0 Å². The predicted octanol–water partition coefficient (Wildman–Crippen LogP) is 4.06. The van der Waals surface area contributed by atoms with Gasteiger partial charge < -0.3 is 9.84 Å². The summed E-state index contributed by atoms with van der Waals surface area (Å²) in [5.74, 6) is 0.309. The number of aromatic nitrogens is 4. The van der Waals surface area contributed by atoms with Gasteiger partial charge in [0.25, 0.3) is 11.4 Å². The number of hydrogen-bond acceptors (Lipinski definition) is 6. The second-order valence-electron chi connectivity index (χ2n) is 7.53. The van der Waals surface area contributed by atoms with Crippen molar-refractivity contribution in [2.45, 2.75) is 13.5 Å². The molecule has 0 saturated carbocycles. The van der Waals surface area contributed by atoms with Crippen LogP contribution in [-0.2, 0) is 11.3 Å². The molecule has 0 aliphatic carbocycles. The number of hydrogen-bond donors (Lipinski definition) is 1. The molecule has 5 rings (SSSR count). The summed E-state index contributed by atoms with van der Waals surface area (Å²) >= 11 is 0. The standard InChI is InChI=1S/C25H19N5O3/c1-16-7-2-4-10-20(16)27-22(31)15-30-21-11-5-3-9-18(21)19(13-23(30)32)25-28-24(29-33-25)17-8-6-12-26-14-17/h2-14H,15H2,1H3,(H,27,31). The van der Waals surface area contributed by atoms with Gasteiger partial charge in [0.2, 0.25) is 11.7 Å². The summed E-state index contributed by atoms with van der Waals surface area (Å²) in [6, 6.07) is 19.8. The first-order valence-electron chi connectivity index (χ1n) is 10.3. The van der Waals surface area contributed by atoms with Crippen LogP contribution in [0.1, 0.15) is 5.56 Å². The number of benzene rings is 2. The van der Waals surface area contributed by atoms with Crippen LogP contribution in [0.25, 0.3) is 33.7 Å². The lowest BCUT2D eigenvalue weighted by atomic mass is 10.1. The summed E-state index contributed by atoms with van der Waals surface area (Å²) in [5.41, 5.74) is 3.13. The molecule has 0 unspecified atom stereocenters. The lowest BCUT2D eigenvalue weighted by Gasteiger charge is -2.13. The van der Waals surface area contributed by atoms with Crippen molar-refractivity contribution in [2.75, 3.05) is 5.32 Å². The quantitative estimate of drug-likeness (QED) is 0.445. The van der Waals surface area contributed by atoms with Crippen molar-refractivity contribution in [2.24, 2.45) is 0 Å². The Morgan fingerprint density at radius 1 is 1.06 bits per heavy atom. The molecule has 8 heteroatoms. The normalized spacial score (nSPS) is 10.9. The van der Waals surface area contributed by atoms with Crippen LogP contribution in [0.4, 0.5) is 5.69 Å². The minimum Gasteiger partial charge on any atom is -0.334 e. The third kappa shape index (κ3) is 4.01. The molecule has 3 heterocycles. The summed E-state index contributed by atoms with van der Waals surface area (Å²) in [5, 5.41) is 7.62. The van der Waals surface area contributed by atoms with Crippen LogP contribution in [0, 0.1) is 6.92 Å². The molecular formula is C25H19N5O3.